The van der Waals surface area contributed by atoms with E-state index in [9.17, 15) is 4.39 Å². The molecular weight excluding hydrogens is 287 g/mol. The first-order chi connectivity index (χ1) is 10.1. The molecule has 0 amide bonds. The molecule has 0 aliphatic heterocycles. The average Bonchev–Trinajstić information content (AvgIpc) is 2.49. The van der Waals surface area contributed by atoms with Gasteiger partial charge in [-0.25, -0.2) is 9.37 Å². The van der Waals surface area contributed by atoms with E-state index >= 15 is 0 Å². The third-order valence-corrected chi connectivity index (χ3v) is 3.62. The molecule has 4 heteroatoms. The van der Waals surface area contributed by atoms with Crippen LogP contribution >= 0.6 is 11.6 Å². The van der Waals surface area contributed by atoms with Gasteiger partial charge in [0.25, 0.3) is 0 Å². The molecule has 21 heavy (non-hydrogen) atoms. The number of rotatable bonds is 6. The van der Waals surface area contributed by atoms with E-state index in [1.807, 2.05) is 13.1 Å². The molecule has 1 aromatic heterocycles. The first kappa shape index (κ1) is 15.8. The molecule has 112 valence electrons. The van der Waals surface area contributed by atoms with E-state index in [2.05, 4.69) is 22.9 Å². The Balaban J connectivity index is 2.19. The maximum atomic E-state index is 12.9. The SMILES string of the molecule is CCCc1cc(CCl)cc(N(C)Cc2ccc(F)cc2)n1. The summed E-state index contributed by atoms with van der Waals surface area (Å²) in [6.45, 7) is 2.82. The maximum absolute atomic E-state index is 12.9. The van der Waals surface area contributed by atoms with Crippen molar-refractivity contribution in [3.63, 3.8) is 0 Å². The normalized spacial score (nSPS) is 10.7. The van der Waals surface area contributed by atoms with E-state index in [1.54, 1.807) is 12.1 Å². The number of aromatic nitrogens is 1. The lowest BCUT2D eigenvalue weighted by Crippen LogP contribution is -2.18. The van der Waals surface area contributed by atoms with E-state index in [1.165, 1.54) is 12.1 Å². The van der Waals surface area contributed by atoms with Gasteiger partial charge < -0.3 is 4.90 Å². The zero-order chi connectivity index (χ0) is 15.2. The van der Waals surface area contributed by atoms with Gasteiger partial charge in [-0.3, -0.25) is 0 Å². The van der Waals surface area contributed by atoms with Crippen LogP contribution in [0.3, 0.4) is 0 Å². The monoisotopic (exact) mass is 306 g/mol. The molecule has 0 radical (unpaired) electrons. The molecule has 0 fully saturated rings. The number of anilines is 1. The Morgan fingerprint density at radius 3 is 2.48 bits per heavy atom. The lowest BCUT2D eigenvalue weighted by molar-refractivity contribution is 0.627. The molecular formula is C17H20ClFN2. The summed E-state index contributed by atoms with van der Waals surface area (Å²) in [5.41, 5.74) is 3.20. The molecule has 0 spiro atoms. The number of nitrogens with zero attached hydrogens (tertiary/aromatic N) is 2. The zero-order valence-corrected chi connectivity index (χ0v) is 13.2. The molecule has 2 rings (SSSR count). The van der Waals surface area contributed by atoms with Gasteiger partial charge >= 0.3 is 0 Å². The minimum atomic E-state index is -0.214. The summed E-state index contributed by atoms with van der Waals surface area (Å²) < 4.78 is 12.9. The van der Waals surface area contributed by atoms with E-state index in [-0.39, 0.29) is 5.82 Å². The summed E-state index contributed by atoms with van der Waals surface area (Å²) in [6, 6.07) is 10.6. The van der Waals surface area contributed by atoms with E-state index in [0.29, 0.717) is 12.4 Å². The molecule has 0 saturated carbocycles. The summed E-state index contributed by atoms with van der Waals surface area (Å²) in [7, 11) is 1.99. The maximum Gasteiger partial charge on any atom is 0.129 e. The molecule has 0 N–H and O–H groups in total. The average molecular weight is 307 g/mol. The second-order valence-corrected chi connectivity index (χ2v) is 5.46. The number of pyridine rings is 1. The van der Waals surface area contributed by atoms with Crippen molar-refractivity contribution < 1.29 is 4.39 Å². The van der Waals surface area contributed by atoms with Crippen molar-refractivity contribution in [2.75, 3.05) is 11.9 Å². The molecule has 0 unspecified atom stereocenters. The largest absolute Gasteiger partial charge is 0.355 e. The summed E-state index contributed by atoms with van der Waals surface area (Å²) in [6.07, 6.45) is 2.00. The Labute approximate surface area is 130 Å². The predicted molar refractivity (Wildman–Crippen MR) is 86.3 cm³/mol. The van der Waals surface area contributed by atoms with Gasteiger partial charge in [0.1, 0.15) is 11.6 Å². The van der Waals surface area contributed by atoms with Gasteiger partial charge in [-0.1, -0.05) is 25.5 Å². The highest BCUT2D eigenvalue weighted by molar-refractivity contribution is 6.17. The Hall–Kier alpha value is -1.61. The summed E-state index contributed by atoms with van der Waals surface area (Å²) in [5, 5.41) is 0. The third kappa shape index (κ3) is 4.43. The van der Waals surface area contributed by atoms with Crippen LogP contribution in [0.2, 0.25) is 0 Å². The van der Waals surface area contributed by atoms with Crippen molar-refractivity contribution in [2.45, 2.75) is 32.2 Å². The summed E-state index contributed by atoms with van der Waals surface area (Å²) >= 11 is 5.97. The van der Waals surface area contributed by atoms with Gasteiger partial charge in [0.2, 0.25) is 0 Å². The van der Waals surface area contributed by atoms with Crippen molar-refractivity contribution in [3.8, 4) is 0 Å². The lowest BCUT2D eigenvalue weighted by atomic mass is 10.1. The minimum Gasteiger partial charge on any atom is -0.355 e. The number of benzene rings is 1. The molecule has 0 aliphatic rings. The van der Waals surface area contributed by atoms with Crippen LogP contribution in [0.1, 0.15) is 30.2 Å². The van der Waals surface area contributed by atoms with E-state index in [0.717, 1.165) is 35.5 Å². The van der Waals surface area contributed by atoms with Crippen molar-refractivity contribution >= 4 is 17.4 Å². The third-order valence-electron chi connectivity index (χ3n) is 3.31. The van der Waals surface area contributed by atoms with Crippen LogP contribution in [0, 0.1) is 5.82 Å². The fourth-order valence-corrected chi connectivity index (χ4v) is 2.39. The molecule has 0 saturated heterocycles. The lowest BCUT2D eigenvalue weighted by Gasteiger charge is -2.20. The molecule has 0 atom stereocenters. The van der Waals surface area contributed by atoms with Crippen LogP contribution in [0.4, 0.5) is 10.2 Å². The molecule has 0 bridgehead atoms. The van der Waals surface area contributed by atoms with E-state index in [4.69, 9.17) is 11.6 Å². The standard InChI is InChI=1S/C17H20ClFN2/c1-3-4-16-9-14(11-18)10-17(20-16)21(2)12-13-5-7-15(19)8-6-13/h5-10H,3-4,11-12H2,1-2H3. The minimum absolute atomic E-state index is 0.214. The smallest absolute Gasteiger partial charge is 0.129 e. The van der Waals surface area contributed by atoms with Crippen molar-refractivity contribution in [3.05, 3.63) is 59.0 Å². The summed E-state index contributed by atoms with van der Waals surface area (Å²) in [4.78, 5) is 6.74. The first-order valence-electron chi connectivity index (χ1n) is 7.13. The van der Waals surface area contributed by atoms with Gasteiger partial charge in [-0.15, -0.1) is 11.6 Å². The second kappa shape index (κ2) is 7.41. The molecule has 2 nitrogen and oxygen atoms in total. The molecule has 0 aliphatic carbocycles. The fourth-order valence-electron chi connectivity index (χ4n) is 2.23. The van der Waals surface area contributed by atoms with Gasteiger partial charge in [-0.05, 0) is 41.8 Å². The topological polar surface area (TPSA) is 16.1 Å². The van der Waals surface area contributed by atoms with Gasteiger partial charge in [0.15, 0.2) is 0 Å². The summed E-state index contributed by atoms with van der Waals surface area (Å²) in [5.74, 6) is 1.17. The van der Waals surface area contributed by atoms with Crippen LogP contribution in [-0.4, -0.2) is 12.0 Å². The molecule has 2 aromatic rings. The Bertz CT molecular complexity index is 584. The number of alkyl halides is 1. The highest BCUT2D eigenvalue weighted by Gasteiger charge is 2.08. The van der Waals surface area contributed by atoms with E-state index < -0.39 is 0 Å². The van der Waals surface area contributed by atoms with Crippen LogP contribution in [0.25, 0.3) is 0 Å². The van der Waals surface area contributed by atoms with Crippen LogP contribution in [-0.2, 0) is 18.8 Å². The zero-order valence-electron chi connectivity index (χ0n) is 12.4. The first-order valence-corrected chi connectivity index (χ1v) is 7.67. The Morgan fingerprint density at radius 2 is 1.86 bits per heavy atom. The van der Waals surface area contributed by atoms with Crippen molar-refractivity contribution in [1.82, 2.24) is 4.98 Å². The van der Waals surface area contributed by atoms with Gasteiger partial charge in [-0.2, -0.15) is 0 Å². The number of aryl methyl sites for hydroxylation is 1. The van der Waals surface area contributed by atoms with Crippen molar-refractivity contribution in [1.29, 1.82) is 0 Å². The fraction of sp³-hybridized carbons (Fsp3) is 0.353. The number of hydrogen-bond acceptors (Lipinski definition) is 2. The van der Waals surface area contributed by atoms with Crippen LogP contribution in [0.5, 0.6) is 0 Å². The Morgan fingerprint density at radius 1 is 1.14 bits per heavy atom. The molecule has 1 aromatic carbocycles. The Kier molecular flexibility index (Phi) is 5.57. The highest BCUT2D eigenvalue weighted by Crippen LogP contribution is 2.18. The number of halogens is 2. The quantitative estimate of drug-likeness (QED) is 0.728. The van der Waals surface area contributed by atoms with Crippen LogP contribution in [0.15, 0.2) is 36.4 Å². The van der Waals surface area contributed by atoms with Crippen LogP contribution < -0.4 is 4.90 Å². The highest BCUT2D eigenvalue weighted by atomic mass is 35.5. The van der Waals surface area contributed by atoms with Crippen molar-refractivity contribution in [2.24, 2.45) is 0 Å². The number of hydrogen-bond donors (Lipinski definition) is 0. The second-order valence-electron chi connectivity index (χ2n) is 5.19. The van der Waals surface area contributed by atoms with Gasteiger partial charge in [0.05, 0.1) is 0 Å². The van der Waals surface area contributed by atoms with Gasteiger partial charge in [0, 0.05) is 25.2 Å². The predicted octanol–water partition coefficient (Wildman–Crippen LogP) is 4.55. The molecule has 1 heterocycles.